The molecule has 10 heteroatoms. The predicted molar refractivity (Wildman–Crippen MR) is 166 cm³/mol. The van der Waals surface area contributed by atoms with Gasteiger partial charge in [-0.2, -0.15) is 5.10 Å². The van der Waals surface area contributed by atoms with E-state index in [0.717, 1.165) is 5.39 Å². The first-order valence-electron chi connectivity index (χ1n) is 13.0. The summed E-state index contributed by atoms with van der Waals surface area (Å²) >= 11 is 5.90. The Bertz CT molecular complexity index is 1860. The summed E-state index contributed by atoms with van der Waals surface area (Å²) in [6.07, 6.45) is 1.30. The molecular weight excluding hydrogens is 568 g/mol. The van der Waals surface area contributed by atoms with E-state index in [4.69, 9.17) is 16.3 Å². The van der Waals surface area contributed by atoms with Gasteiger partial charge in [-0.3, -0.25) is 14.4 Å². The van der Waals surface area contributed by atoms with E-state index in [-0.39, 0.29) is 17.0 Å². The van der Waals surface area contributed by atoms with Gasteiger partial charge >= 0.3 is 17.8 Å². The zero-order valence-electron chi connectivity index (χ0n) is 22.4. The van der Waals surface area contributed by atoms with E-state index in [0.29, 0.717) is 27.2 Å². The van der Waals surface area contributed by atoms with Crippen LogP contribution in [0.25, 0.3) is 10.8 Å². The molecule has 9 nitrogen and oxygen atoms in total. The zero-order valence-corrected chi connectivity index (χ0v) is 23.2. The molecule has 0 aliphatic rings. The van der Waals surface area contributed by atoms with Gasteiger partial charge in [0.1, 0.15) is 5.75 Å². The second-order valence-corrected chi connectivity index (χ2v) is 9.55. The number of amides is 3. The fourth-order valence-electron chi connectivity index (χ4n) is 4.14. The quantitative estimate of drug-likeness (QED) is 0.0699. The topological polar surface area (TPSA) is 126 Å². The molecule has 0 heterocycles. The number of hydrazone groups is 1. The Kier molecular flexibility index (Phi) is 8.84. The summed E-state index contributed by atoms with van der Waals surface area (Å²) in [5.41, 5.74) is 3.75. The van der Waals surface area contributed by atoms with Crippen molar-refractivity contribution < 1.29 is 23.9 Å². The molecule has 0 saturated carbocycles. The third-order valence-electron chi connectivity index (χ3n) is 6.23. The molecule has 5 aromatic rings. The summed E-state index contributed by atoms with van der Waals surface area (Å²) < 4.78 is 5.64. The van der Waals surface area contributed by atoms with Gasteiger partial charge < -0.3 is 15.4 Å². The highest BCUT2D eigenvalue weighted by atomic mass is 35.5. The second-order valence-electron chi connectivity index (χ2n) is 9.11. The predicted octanol–water partition coefficient (Wildman–Crippen LogP) is 6.05. The lowest BCUT2D eigenvalue weighted by atomic mass is 10.0. The highest BCUT2D eigenvalue weighted by Crippen LogP contribution is 2.27. The van der Waals surface area contributed by atoms with E-state index >= 15 is 0 Å². The number of para-hydroxylation sites is 1. The largest absolute Gasteiger partial charge is 0.422 e. The summed E-state index contributed by atoms with van der Waals surface area (Å²) in [7, 11) is 0. The first-order chi connectivity index (χ1) is 20.9. The van der Waals surface area contributed by atoms with Crippen LogP contribution in [-0.4, -0.2) is 29.9 Å². The van der Waals surface area contributed by atoms with Gasteiger partial charge in [0.05, 0.1) is 23.0 Å². The normalized spacial score (nSPS) is 10.7. The number of nitrogens with zero attached hydrogens (tertiary/aromatic N) is 1. The highest BCUT2D eigenvalue weighted by molar-refractivity contribution is 6.40. The Morgan fingerprint density at radius 1 is 0.698 bits per heavy atom. The number of rotatable bonds is 7. The van der Waals surface area contributed by atoms with E-state index in [9.17, 15) is 19.2 Å². The summed E-state index contributed by atoms with van der Waals surface area (Å²) in [6.45, 7) is 0. The number of anilines is 2. The maximum Gasteiger partial charge on any atom is 0.343 e. The molecule has 0 radical (unpaired) electrons. The van der Waals surface area contributed by atoms with Gasteiger partial charge in [0.15, 0.2) is 0 Å². The Balaban J connectivity index is 1.29. The molecule has 212 valence electrons. The number of ether oxygens (including phenoxy) is 1. The monoisotopic (exact) mass is 590 g/mol. The molecule has 0 bridgehead atoms. The number of carbonyl (C=O) groups is 4. The van der Waals surface area contributed by atoms with Gasteiger partial charge in [0.25, 0.3) is 5.91 Å². The number of halogens is 1. The van der Waals surface area contributed by atoms with Crippen LogP contribution in [0.3, 0.4) is 0 Å². The van der Waals surface area contributed by atoms with E-state index in [1.165, 1.54) is 18.3 Å². The third-order valence-corrected chi connectivity index (χ3v) is 6.48. The smallest absolute Gasteiger partial charge is 0.343 e. The van der Waals surface area contributed by atoms with Crippen molar-refractivity contribution in [2.24, 2.45) is 5.10 Å². The molecule has 0 aliphatic heterocycles. The number of benzene rings is 5. The van der Waals surface area contributed by atoms with Gasteiger partial charge in [-0.25, -0.2) is 10.2 Å². The van der Waals surface area contributed by atoms with Crippen molar-refractivity contribution in [3.63, 3.8) is 0 Å². The van der Waals surface area contributed by atoms with E-state index in [1.54, 1.807) is 78.9 Å². The van der Waals surface area contributed by atoms with Crippen LogP contribution < -0.4 is 20.8 Å². The molecule has 0 fully saturated rings. The van der Waals surface area contributed by atoms with Crippen molar-refractivity contribution in [1.82, 2.24) is 5.43 Å². The van der Waals surface area contributed by atoms with E-state index < -0.39 is 23.7 Å². The fourth-order valence-corrected chi connectivity index (χ4v) is 4.26. The molecule has 5 rings (SSSR count). The molecule has 0 spiro atoms. The summed E-state index contributed by atoms with van der Waals surface area (Å²) in [4.78, 5) is 50.9. The Morgan fingerprint density at radius 2 is 1.40 bits per heavy atom. The third kappa shape index (κ3) is 7.10. The molecule has 0 aromatic heterocycles. The van der Waals surface area contributed by atoms with Crippen molar-refractivity contribution >= 4 is 63.7 Å². The van der Waals surface area contributed by atoms with Gasteiger partial charge in [-0.1, -0.05) is 72.3 Å². The molecule has 5 aromatic carbocycles. The van der Waals surface area contributed by atoms with Crippen molar-refractivity contribution in [1.29, 1.82) is 0 Å². The van der Waals surface area contributed by atoms with Crippen molar-refractivity contribution in [3.8, 4) is 5.75 Å². The Hall–Kier alpha value is -5.80. The average molecular weight is 591 g/mol. The minimum atomic E-state index is -1.08. The van der Waals surface area contributed by atoms with Gasteiger partial charge in [-0.15, -0.1) is 0 Å². The number of hydrogen-bond donors (Lipinski definition) is 3. The Morgan fingerprint density at radius 3 is 2.19 bits per heavy atom. The van der Waals surface area contributed by atoms with Crippen LogP contribution in [0.2, 0.25) is 5.02 Å². The summed E-state index contributed by atoms with van der Waals surface area (Å²) in [6, 6.07) is 32.1. The summed E-state index contributed by atoms with van der Waals surface area (Å²) in [5.74, 6) is -2.96. The standard InChI is InChI=1S/C33H23ClN4O5/c34-23-15-17-24(18-16-23)36-30(39)26-12-6-7-13-28(26)37-31(40)32(41)38-35-20-27-25-11-5-4-8-21(25)14-19-29(27)43-33(42)22-9-2-1-3-10-22/h1-20H,(H,36,39)(H,37,40)(H,38,41)/b35-20+. The van der Waals surface area contributed by atoms with Gasteiger partial charge in [0.2, 0.25) is 0 Å². The Labute approximate surface area is 251 Å². The highest BCUT2D eigenvalue weighted by Gasteiger charge is 2.18. The first-order valence-corrected chi connectivity index (χ1v) is 13.4. The van der Waals surface area contributed by atoms with Crippen molar-refractivity contribution in [2.75, 3.05) is 10.6 Å². The van der Waals surface area contributed by atoms with Crippen LogP contribution in [0.15, 0.2) is 120 Å². The van der Waals surface area contributed by atoms with Crippen molar-refractivity contribution in [3.05, 3.63) is 137 Å². The van der Waals surface area contributed by atoms with Crippen LogP contribution in [0.1, 0.15) is 26.3 Å². The molecule has 0 atom stereocenters. The maximum atomic E-state index is 12.9. The van der Waals surface area contributed by atoms with Gasteiger partial charge in [-0.05, 0) is 65.4 Å². The van der Waals surface area contributed by atoms with Gasteiger partial charge in [0, 0.05) is 16.3 Å². The van der Waals surface area contributed by atoms with Crippen LogP contribution in [0.5, 0.6) is 5.75 Å². The first kappa shape index (κ1) is 28.7. The minimum absolute atomic E-state index is 0.127. The zero-order chi connectivity index (χ0) is 30.2. The number of hydrogen-bond acceptors (Lipinski definition) is 6. The summed E-state index contributed by atoms with van der Waals surface area (Å²) in [5, 5.41) is 11.2. The average Bonchev–Trinajstić information content (AvgIpc) is 3.03. The van der Waals surface area contributed by atoms with E-state index in [2.05, 4.69) is 21.2 Å². The lowest BCUT2D eigenvalue weighted by Gasteiger charge is -2.11. The molecule has 43 heavy (non-hydrogen) atoms. The second kappa shape index (κ2) is 13.2. The van der Waals surface area contributed by atoms with Crippen LogP contribution in [0.4, 0.5) is 11.4 Å². The molecule has 3 N–H and O–H groups in total. The van der Waals surface area contributed by atoms with Crippen LogP contribution in [-0.2, 0) is 9.59 Å². The number of carbonyl (C=O) groups excluding carboxylic acids is 4. The lowest BCUT2D eigenvalue weighted by molar-refractivity contribution is -0.136. The number of nitrogens with one attached hydrogen (secondary N) is 3. The molecular formula is C33H23ClN4O5. The van der Waals surface area contributed by atoms with Crippen LogP contribution >= 0.6 is 11.6 Å². The van der Waals surface area contributed by atoms with E-state index in [1.807, 2.05) is 24.3 Å². The molecule has 0 saturated heterocycles. The maximum absolute atomic E-state index is 12.9. The van der Waals surface area contributed by atoms with Crippen LogP contribution in [0, 0.1) is 0 Å². The SMILES string of the molecule is O=C(N/N=C/c1c(OC(=O)c2ccccc2)ccc2ccccc12)C(=O)Nc1ccccc1C(=O)Nc1ccc(Cl)cc1. The number of esters is 1. The number of fused-ring (bicyclic) bond motifs is 1. The fraction of sp³-hybridized carbons (Fsp3) is 0. The lowest BCUT2D eigenvalue weighted by Crippen LogP contribution is -2.33. The molecule has 0 aliphatic carbocycles. The molecule has 0 unspecified atom stereocenters. The minimum Gasteiger partial charge on any atom is -0.422 e. The molecule has 3 amide bonds. The van der Waals surface area contributed by atoms with Crippen molar-refractivity contribution in [2.45, 2.75) is 0 Å².